The molecule has 160 valence electrons. The van der Waals surface area contributed by atoms with Crippen LogP contribution in [0.5, 0.6) is 5.75 Å². The van der Waals surface area contributed by atoms with E-state index in [2.05, 4.69) is 10.4 Å². The predicted octanol–water partition coefficient (Wildman–Crippen LogP) is 3.98. The van der Waals surface area contributed by atoms with Gasteiger partial charge in [-0.2, -0.15) is 5.10 Å². The molecule has 1 aromatic heterocycles. The standard InChI is InChI=1S/C23H23ClN4O3/c1-2-31-20-8-6-19(7-9-20)27-15-17(13-22(27)29)23(30)26-21-10-11-25-28(21)14-16-4-3-5-18(24)12-16/h3-12,17H,2,13-15H2,1H3,(H,26,30)/t17-/m0/s1. The first-order valence-electron chi connectivity index (χ1n) is 10.1. The van der Waals surface area contributed by atoms with Gasteiger partial charge in [0.1, 0.15) is 11.6 Å². The molecule has 1 aliphatic heterocycles. The first kappa shape index (κ1) is 20.9. The number of anilines is 2. The summed E-state index contributed by atoms with van der Waals surface area (Å²) < 4.78 is 7.14. The molecule has 1 N–H and O–H groups in total. The van der Waals surface area contributed by atoms with Crippen molar-refractivity contribution >= 4 is 34.9 Å². The predicted molar refractivity (Wildman–Crippen MR) is 119 cm³/mol. The van der Waals surface area contributed by atoms with Gasteiger partial charge in [0, 0.05) is 29.7 Å². The van der Waals surface area contributed by atoms with Crippen molar-refractivity contribution in [1.29, 1.82) is 0 Å². The lowest BCUT2D eigenvalue weighted by Gasteiger charge is -2.17. The Morgan fingerprint density at radius 2 is 2.03 bits per heavy atom. The molecule has 0 radical (unpaired) electrons. The Kier molecular flexibility index (Phi) is 6.23. The summed E-state index contributed by atoms with van der Waals surface area (Å²) in [6.07, 6.45) is 1.80. The minimum absolute atomic E-state index is 0.0725. The van der Waals surface area contributed by atoms with E-state index in [1.54, 1.807) is 21.8 Å². The molecule has 0 unspecified atom stereocenters. The zero-order valence-corrected chi connectivity index (χ0v) is 17.9. The summed E-state index contributed by atoms with van der Waals surface area (Å²) in [6, 6.07) is 16.6. The highest BCUT2D eigenvalue weighted by Crippen LogP contribution is 2.28. The number of hydrogen-bond acceptors (Lipinski definition) is 4. The van der Waals surface area contributed by atoms with Crippen LogP contribution in [0, 0.1) is 5.92 Å². The lowest BCUT2D eigenvalue weighted by molar-refractivity contribution is -0.122. The zero-order valence-electron chi connectivity index (χ0n) is 17.1. The van der Waals surface area contributed by atoms with Crippen molar-refractivity contribution in [1.82, 2.24) is 9.78 Å². The molecule has 1 saturated heterocycles. The van der Waals surface area contributed by atoms with Crippen LogP contribution in [0.2, 0.25) is 5.02 Å². The van der Waals surface area contributed by atoms with Crippen LogP contribution in [0.15, 0.2) is 60.8 Å². The van der Waals surface area contributed by atoms with Crippen molar-refractivity contribution in [3.63, 3.8) is 0 Å². The minimum Gasteiger partial charge on any atom is -0.494 e. The van der Waals surface area contributed by atoms with Gasteiger partial charge in [-0.25, -0.2) is 4.68 Å². The average molecular weight is 439 g/mol. The monoisotopic (exact) mass is 438 g/mol. The molecule has 2 heterocycles. The molecule has 31 heavy (non-hydrogen) atoms. The van der Waals surface area contributed by atoms with Crippen molar-refractivity contribution in [2.75, 3.05) is 23.4 Å². The molecule has 4 rings (SSSR count). The van der Waals surface area contributed by atoms with Crippen molar-refractivity contribution in [3.05, 3.63) is 71.4 Å². The topological polar surface area (TPSA) is 76.5 Å². The van der Waals surface area contributed by atoms with E-state index < -0.39 is 5.92 Å². The normalized spacial score (nSPS) is 15.9. The van der Waals surface area contributed by atoms with Crippen LogP contribution in [-0.2, 0) is 16.1 Å². The second kappa shape index (κ2) is 9.22. The molecule has 8 heteroatoms. The lowest BCUT2D eigenvalue weighted by Crippen LogP contribution is -2.28. The molecule has 7 nitrogen and oxygen atoms in total. The second-order valence-corrected chi connectivity index (χ2v) is 7.76. The van der Waals surface area contributed by atoms with Crippen molar-refractivity contribution in [2.24, 2.45) is 5.92 Å². The Hall–Kier alpha value is -3.32. The fraction of sp³-hybridized carbons (Fsp3) is 0.261. The molecule has 0 saturated carbocycles. The van der Waals surface area contributed by atoms with Crippen LogP contribution in [0.4, 0.5) is 11.5 Å². The summed E-state index contributed by atoms with van der Waals surface area (Å²) in [5, 5.41) is 7.85. The van der Waals surface area contributed by atoms with Crippen LogP contribution < -0.4 is 15.0 Å². The maximum Gasteiger partial charge on any atom is 0.230 e. The number of benzene rings is 2. The van der Waals surface area contributed by atoms with Gasteiger partial charge in [0.05, 0.1) is 25.3 Å². The SMILES string of the molecule is CCOc1ccc(N2C[C@@H](C(=O)Nc3ccnn3Cc3cccc(Cl)c3)CC2=O)cc1. The number of halogens is 1. The van der Waals surface area contributed by atoms with Crippen LogP contribution in [0.1, 0.15) is 18.9 Å². The number of carbonyl (C=O) groups is 2. The highest BCUT2D eigenvalue weighted by Gasteiger charge is 2.35. The lowest BCUT2D eigenvalue weighted by atomic mass is 10.1. The van der Waals surface area contributed by atoms with E-state index in [0.717, 1.165) is 17.0 Å². The third-order valence-corrected chi connectivity index (χ3v) is 5.38. The summed E-state index contributed by atoms with van der Waals surface area (Å²) in [6.45, 7) is 3.31. The molecule has 0 aliphatic carbocycles. The summed E-state index contributed by atoms with van der Waals surface area (Å²) in [5.41, 5.74) is 1.74. The van der Waals surface area contributed by atoms with Gasteiger partial charge in [0.25, 0.3) is 0 Å². The molecular formula is C23H23ClN4O3. The molecule has 2 aromatic carbocycles. The number of nitrogens with zero attached hydrogens (tertiary/aromatic N) is 3. The fourth-order valence-electron chi connectivity index (χ4n) is 3.62. The maximum atomic E-state index is 12.9. The summed E-state index contributed by atoms with van der Waals surface area (Å²) >= 11 is 6.05. The molecule has 0 spiro atoms. The second-order valence-electron chi connectivity index (χ2n) is 7.33. The van der Waals surface area contributed by atoms with E-state index >= 15 is 0 Å². The smallest absolute Gasteiger partial charge is 0.230 e. The largest absolute Gasteiger partial charge is 0.494 e. The summed E-state index contributed by atoms with van der Waals surface area (Å²) in [5.74, 6) is 0.622. The van der Waals surface area contributed by atoms with E-state index in [9.17, 15) is 9.59 Å². The molecule has 1 fully saturated rings. The third kappa shape index (κ3) is 4.88. The highest BCUT2D eigenvalue weighted by molar-refractivity contribution is 6.30. The van der Waals surface area contributed by atoms with E-state index in [1.165, 1.54) is 0 Å². The average Bonchev–Trinajstić information content (AvgIpc) is 3.35. The molecule has 3 aromatic rings. The third-order valence-electron chi connectivity index (χ3n) is 5.14. The maximum absolute atomic E-state index is 12.9. The van der Waals surface area contributed by atoms with Crippen LogP contribution >= 0.6 is 11.6 Å². The molecular weight excluding hydrogens is 416 g/mol. The first-order valence-corrected chi connectivity index (χ1v) is 10.5. The highest BCUT2D eigenvalue weighted by atomic mass is 35.5. The number of hydrogen-bond donors (Lipinski definition) is 1. The number of carbonyl (C=O) groups excluding carboxylic acids is 2. The van der Waals surface area contributed by atoms with Gasteiger partial charge in [-0.1, -0.05) is 23.7 Å². The first-order chi connectivity index (χ1) is 15.0. The van der Waals surface area contributed by atoms with Crippen LogP contribution in [0.25, 0.3) is 0 Å². The molecule has 2 amide bonds. The summed E-state index contributed by atoms with van der Waals surface area (Å²) in [4.78, 5) is 27.0. The van der Waals surface area contributed by atoms with E-state index in [1.807, 2.05) is 55.5 Å². The Bertz CT molecular complexity index is 1080. The van der Waals surface area contributed by atoms with Gasteiger partial charge >= 0.3 is 0 Å². The minimum atomic E-state index is -0.436. The van der Waals surface area contributed by atoms with Crippen LogP contribution in [0.3, 0.4) is 0 Å². The number of rotatable bonds is 7. The van der Waals surface area contributed by atoms with Gasteiger partial charge in [-0.3, -0.25) is 9.59 Å². The Morgan fingerprint density at radius 3 is 2.77 bits per heavy atom. The van der Waals surface area contributed by atoms with Crippen molar-refractivity contribution < 1.29 is 14.3 Å². The van der Waals surface area contributed by atoms with E-state index in [0.29, 0.717) is 30.5 Å². The number of ether oxygens (including phenoxy) is 1. The Morgan fingerprint density at radius 1 is 1.23 bits per heavy atom. The quantitative estimate of drug-likeness (QED) is 0.605. The van der Waals surface area contributed by atoms with Gasteiger partial charge in [0.15, 0.2) is 0 Å². The van der Waals surface area contributed by atoms with E-state index in [-0.39, 0.29) is 18.2 Å². The van der Waals surface area contributed by atoms with Gasteiger partial charge in [-0.15, -0.1) is 0 Å². The molecule has 0 bridgehead atoms. The number of aromatic nitrogens is 2. The van der Waals surface area contributed by atoms with Crippen molar-refractivity contribution in [3.8, 4) is 5.75 Å². The fourth-order valence-corrected chi connectivity index (χ4v) is 3.84. The number of amides is 2. The summed E-state index contributed by atoms with van der Waals surface area (Å²) in [7, 11) is 0. The Labute approximate surface area is 185 Å². The number of nitrogens with one attached hydrogen (secondary N) is 1. The van der Waals surface area contributed by atoms with Crippen LogP contribution in [-0.4, -0.2) is 34.7 Å². The molecule has 1 atom stereocenters. The van der Waals surface area contributed by atoms with Gasteiger partial charge in [0.2, 0.25) is 11.8 Å². The van der Waals surface area contributed by atoms with Gasteiger partial charge < -0.3 is 15.0 Å². The zero-order chi connectivity index (χ0) is 21.8. The molecule has 1 aliphatic rings. The van der Waals surface area contributed by atoms with Crippen molar-refractivity contribution in [2.45, 2.75) is 19.9 Å². The van der Waals surface area contributed by atoms with E-state index in [4.69, 9.17) is 16.3 Å². The Balaban J connectivity index is 1.41. The van der Waals surface area contributed by atoms with Gasteiger partial charge in [-0.05, 0) is 48.9 Å².